The molecule has 6 nitrogen and oxygen atoms in total. The van der Waals surface area contributed by atoms with Crippen molar-refractivity contribution in [1.82, 2.24) is 15.2 Å². The van der Waals surface area contributed by atoms with Crippen LogP contribution in [0.3, 0.4) is 0 Å². The van der Waals surface area contributed by atoms with Crippen LogP contribution in [0.15, 0.2) is 39.9 Å². The van der Waals surface area contributed by atoms with Crippen molar-refractivity contribution in [3.8, 4) is 5.69 Å². The molecule has 0 fully saturated rings. The van der Waals surface area contributed by atoms with Gasteiger partial charge in [-0.05, 0) is 45.0 Å². The van der Waals surface area contributed by atoms with Crippen molar-refractivity contribution in [1.29, 1.82) is 0 Å². The minimum Gasteiger partial charge on any atom is -0.466 e. The monoisotopic (exact) mass is 390 g/mol. The molecule has 3 rings (SSSR count). The molecule has 0 saturated heterocycles. The van der Waals surface area contributed by atoms with E-state index >= 15 is 0 Å². The van der Waals surface area contributed by atoms with E-state index in [1.54, 1.807) is 43.7 Å². The largest absolute Gasteiger partial charge is 0.466 e. The van der Waals surface area contributed by atoms with Gasteiger partial charge in [0.15, 0.2) is 0 Å². The molecule has 3 aromatic rings. The lowest BCUT2D eigenvalue weighted by molar-refractivity contribution is 0.0953. The second-order valence-corrected chi connectivity index (χ2v) is 6.50. The van der Waals surface area contributed by atoms with E-state index in [1.807, 2.05) is 12.1 Å². The van der Waals surface area contributed by atoms with Crippen LogP contribution in [0.5, 0.6) is 0 Å². The first-order valence-electron chi connectivity index (χ1n) is 7.78. The summed E-state index contributed by atoms with van der Waals surface area (Å²) in [7, 11) is 0. The fourth-order valence-corrected chi connectivity index (χ4v) is 3.01. The number of nitrogens with one attached hydrogen (secondary N) is 1. The molecule has 0 unspecified atom stereocenters. The van der Waals surface area contributed by atoms with Gasteiger partial charge in [-0.25, -0.2) is 10.1 Å². The number of hydrogen-bond acceptors (Lipinski definition) is 4. The first kappa shape index (κ1) is 18.2. The summed E-state index contributed by atoms with van der Waals surface area (Å²) in [5, 5.41) is 9.34. The van der Waals surface area contributed by atoms with Crippen molar-refractivity contribution < 1.29 is 9.21 Å². The number of aryl methyl sites for hydroxylation is 3. The number of nitrogens with zero attached hydrogens (tertiary/aromatic N) is 3. The van der Waals surface area contributed by atoms with Crippen LogP contribution in [0.4, 0.5) is 0 Å². The Bertz CT molecular complexity index is 1000. The average Bonchev–Trinajstić information content (AvgIpc) is 3.07. The molecule has 26 heavy (non-hydrogen) atoms. The van der Waals surface area contributed by atoms with E-state index in [9.17, 15) is 4.79 Å². The van der Waals surface area contributed by atoms with Gasteiger partial charge < -0.3 is 4.42 Å². The molecule has 2 heterocycles. The molecule has 0 radical (unpaired) electrons. The smallest absolute Gasteiger partial charge is 0.274 e. The number of hydrazone groups is 1. The molecule has 0 saturated carbocycles. The first-order chi connectivity index (χ1) is 12.4. The van der Waals surface area contributed by atoms with Gasteiger partial charge in [-0.2, -0.15) is 10.2 Å². The highest BCUT2D eigenvalue weighted by atomic mass is 35.5. The van der Waals surface area contributed by atoms with Gasteiger partial charge >= 0.3 is 0 Å². The van der Waals surface area contributed by atoms with E-state index in [4.69, 9.17) is 27.6 Å². The predicted molar refractivity (Wildman–Crippen MR) is 102 cm³/mol. The Hall–Kier alpha value is -2.57. The predicted octanol–water partition coefficient (Wildman–Crippen LogP) is 4.46. The first-order valence-corrected chi connectivity index (χ1v) is 8.54. The summed E-state index contributed by atoms with van der Waals surface area (Å²) in [6.07, 6.45) is 1.46. The Kier molecular flexibility index (Phi) is 5.15. The van der Waals surface area contributed by atoms with Crippen LogP contribution < -0.4 is 5.43 Å². The maximum absolute atomic E-state index is 12.1. The number of halogens is 2. The molecule has 1 amide bonds. The zero-order valence-electron chi connectivity index (χ0n) is 14.4. The molecular weight excluding hydrogens is 375 g/mol. The number of aromatic nitrogens is 2. The van der Waals surface area contributed by atoms with Gasteiger partial charge in [0, 0.05) is 5.02 Å². The van der Waals surface area contributed by atoms with Gasteiger partial charge in [0.25, 0.3) is 5.91 Å². The van der Waals surface area contributed by atoms with Gasteiger partial charge in [0.1, 0.15) is 16.7 Å². The highest BCUT2D eigenvalue weighted by molar-refractivity contribution is 6.32. The van der Waals surface area contributed by atoms with Crippen molar-refractivity contribution >= 4 is 35.3 Å². The normalized spacial score (nSPS) is 11.3. The molecule has 0 aliphatic rings. The van der Waals surface area contributed by atoms with E-state index < -0.39 is 0 Å². The van der Waals surface area contributed by atoms with Crippen LogP contribution >= 0.6 is 23.2 Å². The fourth-order valence-electron chi connectivity index (χ4n) is 2.51. The Morgan fingerprint density at radius 1 is 1.27 bits per heavy atom. The molecule has 0 aliphatic heterocycles. The van der Waals surface area contributed by atoms with E-state index in [1.165, 1.54) is 6.21 Å². The molecule has 2 aromatic heterocycles. The summed E-state index contributed by atoms with van der Waals surface area (Å²) in [5.41, 5.74) is 4.92. The van der Waals surface area contributed by atoms with Crippen molar-refractivity contribution in [2.45, 2.75) is 20.8 Å². The minimum absolute atomic E-state index is 0.355. The Balaban J connectivity index is 1.81. The van der Waals surface area contributed by atoms with Crippen LogP contribution in [-0.2, 0) is 0 Å². The zero-order valence-corrected chi connectivity index (χ0v) is 15.9. The van der Waals surface area contributed by atoms with Crippen molar-refractivity contribution in [2.75, 3.05) is 0 Å². The summed E-state index contributed by atoms with van der Waals surface area (Å²) < 4.78 is 6.91. The number of amides is 1. The van der Waals surface area contributed by atoms with E-state index in [0.29, 0.717) is 38.5 Å². The van der Waals surface area contributed by atoms with E-state index in [-0.39, 0.29) is 5.91 Å². The molecule has 134 valence electrons. The van der Waals surface area contributed by atoms with Crippen LogP contribution in [0.25, 0.3) is 5.69 Å². The number of carbonyl (C=O) groups excluding carboxylic acids is 1. The highest BCUT2D eigenvalue weighted by Gasteiger charge is 2.15. The Morgan fingerprint density at radius 3 is 2.69 bits per heavy atom. The van der Waals surface area contributed by atoms with Gasteiger partial charge in [0.05, 0.1) is 28.7 Å². The van der Waals surface area contributed by atoms with Crippen LogP contribution in [-0.4, -0.2) is 21.9 Å². The fraction of sp³-hybridized carbons (Fsp3) is 0.167. The average molecular weight is 391 g/mol. The molecule has 1 N–H and O–H groups in total. The van der Waals surface area contributed by atoms with E-state index in [0.717, 1.165) is 5.69 Å². The molecule has 0 spiro atoms. The Morgan fingerprint density at radius 2 is 2.04 bits per heavy atom. The summed E-state index contributed by atoms with van der Waals surface area (Å²) >= 11 is 12.4. The van der Waals surface area contributed by atoms with Gasteiger partial charge in [0.2, 0.25) is 0 Å². The van der Waals surface area contributed by atoms with Crippen molar-refractivity contribution in [2.24, 2.45) is 5.10 Å². The van der Waals surface area contributed by atoms with Crippen LogP contribution in [0.2, 0.25) is 10.2 Å². The lowest BCUT2D eigenvalue weighted by Gasteiger charge is -2.03. The molecule has 1 aromatic carbocycles. The van der Waals surface area contributed by atoms with Crippen molar-refractivity contribution in [3.63, 3.8) is 0 Å². The van der Waals surface area contributed by atoms with Crippen LogP contribution in [0, 0.1) is 20.8 Å². The standard InChI is InChI=1S/C18H16Cl2N4O2/c1-10-7-15(12(3)26-10)18(25)22-21-9-16-11(2)23-24(17(16)20)14-6-4-5-13(19)8-14/h4-9H,1-3H3,(H,22,25). The van der Waals surface area contributed by atoms with Gasteiger partial charge in [-0.3, -0.25) is 4.79 Å². The molecular formula is C18H16Cl2N4O2. The lowest BCUT2D eigenvalue weighted by Crippen LogP contribution is -2.17. The number of furan rings is 1. The second-order valence-electron chi connectivity index (χ2n) is 5.71. The lowest BCUT2D eigenvalue weighted by atomic mass is 10.2. The van der Waals surface area contributed by atoms with E-state index in [2.05, 4.69) is 15.6 Å². The minimum atomic E-state index is -0.355. The van der Waals surface area contributed by atoms with Gasteiger partial charge in [-0.1, -0.05) is 29.3 Å². The third kappa shape index (κ3) is 3.66. The number of hydrogen-bond donors (Lipinski definition) is 1. The highest BCUT2D eigenvalue weighted by Crippen LogP contribution is 2.23. The quantitative estimate of drug-likeness (QED) is 0.527. The maximum Gasteiger partial charge on any atom is 0.274 e. The number of benzene rings is 1. The summed E-state index contributed by atoms with van der Waals surface area (Å²) in [5.74, 6) is 0.850. The second kappa shape index (κ2) is 7.35. The van der Waals surface area contributed by atoms with Gasteiger partial charge in [-0.15, -0.1) is 0 Å². The third-order valence-corrected chi connectivity index (χ3v) is 4.34. The molecule has 0 atom stereocenters. The third-order valence-electron chi connectivity index (χ3n) is 3.75. The zero-order chi connectivity index (χ0) is 18.8. The summed E-state index contributed by atoms with van der Waals surface area (Å²) in [6.45, 7) is 5.31. The molecule has 0 aliphatic carbocycles. The maximum atomic E-state index is 12.1. The topological polar surface area (TPSA) is 72.4 Å². The van der Waals surface area contributed by atoms with Crippen molar-refractivity contribution in [3.05, 3.63) is 68.8 Å². The summed E-state index contributed by atoms with van der Waals surface area (Å²) in [6, 6.07) is 8.85. The van der Waals surface area contributed by atoms with Crippen LogP contribution in [0.1, 0.15) is 33.1 Å². The number of carbonyl (C=O) groups is 1. The molecule has 8 heteroatoms. The summed E-state index contributed by atoms with van der Waals surface area (Å²) in [4.78, 5) is 12.1. The number of rotatable bonds is 4. The molecule has 0 bridgehead atoms. The SMILES string of the molecule is Cc1cc(C(=O)NN=Cc2c(C)nn(-c3cccc(Cl)c3)c2Cl)c(C)o1. The Labute approximate surface area is 160 Å².